The lowest BCUT2D eigenvalue weighted by Gasteiger charge is -2.18. The van der Waals surface area contributed by atoms with Gasteiger partial charge >= 0.3 is 5.97 Å². The second-order valence-corrected chi connectivity index (χ2v) is 15.2. The van der Waals surface area contributed by atoms with E-state index in [0.717, 1.165) is 58.0 Å². The molecule has 5 nitrogen and oxygen atoms in total. The van der Waals surface area contributed by atoms with Crippen molar-refractivity contribution in [1.29, 1.82) is 0 Å². The van der Waals surface area contributed by atoms with Crippen LogP contribution in [-0.4, -0.2) is 44.7 Å². The van der Waals surface area contributed by atoms with Gasteiger partial charge in [-0.1, -0.05) is 152 Å². The normalized spacial score (nSPS) is 12.3. The first-order valence-electron chi connectivity index (χ1n) is 23.4. The third-order valence-electron chi connectivity index (χ3n) is 9.98. The smallest absolute Gasteiger partial charge is 0.306 e. The van der Waals surface area contributed by atoms with Gasteiger partial charge in [0.2, 0.25) is 0 Å². The Bertz CT molecular complexity index is 812. The molecule has 0 spiro atoms. The lowest BCUT2D eigenvalue weighted by atomic mass is 10.0. The van der Waals surface area contributed by atoms with Crippen molar-refractivity contribution in [2.24, 2.45) is 0 Å². The molecule has 0 heterocycles. The molecule has 1 N–H and O–H groups in total. The van der Waals surface area contributed by atoms with Crippen LogP contribution in [0.1, 0.15) is 220 Å². The first-order valence-corrected chi connectivity index (χ1v) is 23.4. The van der Waals surface area contributed by atoms with Gasteiger partial charge in [0.25, 0.3) is 0 Å². The molecule has 0 bridgehead atoms. The van der Waals surface area contributed by atoms with Gasteiger partial charge in [-0.2, -0.15) is 0 Å². The molecule has 0 saturated heterocycles. The summed E-state index contributed by atoms with van der Waals surface area (Å²) in [5.74, 6) is -0.0160. The fourth-order valence-electron chi connectivity index (χ4n) is 6.66. The Morgan fingerprint density at radius 2 is 0.870 bits per heavy atom. The van der Waals surface area contributed by atoms with Gasteiger partial charge in [0.05, 0.1) is 0 Å². The Kier molecular flexibility index (Phi) is 44.3. The maximum Gasteiger partial charge on any atom is 0.306 e. The molecule has 0 aromatic heterocycles. The number of hydrogen-bond acceptors (Lipinski definition) is 5. The Labute approximate surface area is 337 Å². The minimum atomic E-state index is -0.107. The first kappa shape index (κ1) is 52.3. The van der Waals surface area contributed by atoms with Crippen LogP contribution in [-0.2, 0) is 19.0 Å². The van der Waals surface area contributed by atoms with E-state index >= 15 is 0 Å². The van der Waals surface area contributed by atoms with Crippen LogP contribution in [0.15, 0.2) is 48.6 Å². The van der Waals surface area contributed by atoms with Crippen molar-refractivity contribution in [3.63, 3.8) is 0 Å². The van der Waals surface area contributed by atoms with E-state index in [2.05, 4.69) is 67.8 Å². The standard InChI is InChI=1S/C49H91NO4/c1-5-9-11-13-15-17-19-21-23-25-27-29-31-33-35-37-41-47(54-48(51)43-39-45-50-46-40-44-49(52-7-3)53-8-4)42-38-36-34-32-30-28-26-24-22-20-18-16-14-12-10-6-2/h13-16,19-22,47,49-50H,5-12,17-18,23-46H2,1-4H3/b15-13-,16-14-,21-19-,22-20-. The number of allylic oxidation sites excluding steroid dienone is 8. The van der Waals surface area contributed by atoms with Gasteiger partial charge in [0.1, 0.15) is 6.10 Å². The third-order valence-corrected chi connectivity index (χ3v) is 9.98. The molecule has 0 aliphatic carbocycles. The van der Waals surface area contributed by atoms with Gasteiger partial charge in [-0.05, 0) is 123 Å². The van der Waals surface area contributed by atoms with Crippen LogP contribution in [0.3, 0.4) is 0 Å². The lowest BCUT2D eigenvalue weighted by molar-refractivity contribution is -0.150. The van der Waals surface area contributed by atoms with Crippen LogP contribution in [0.4, 0.5) is 0 Å². The van der Waals surface area contributed by atoms with E-state index in [0.29, 0.717) is 19.6 Å². The van der Waals surface area contributed by atoms with Crippen LogP contribution < -0.4 is 5.32 Å². The van der Waals surface area contributed by atoms with Crippen LogP contribution in [0.25, 0.3) is 0 Å². The number of rotatable bonds is 43. The monoisotopic (exact) mass is 758 g/mol. The number of unbranched alkanes of at least 4 members (excludes halogenated alkanes) is 18. The molecule has 54 heavy (non-hydrogen) atoms. The van der Waals surface area contributed by atoms with Crippen molar-refractivity contribution < 1.29 is 19.0 Å². The van der Waals surface area contributed by atoms with Gasteiger partial charge in [-0.15, -0.1) is 0 Å². The molecule has 0 unspecified atom stereocenters. The Balaban J connectivity index is 4.26. The average molecular weight is 758 g/mol. The zero-order valence-corrected chi connectivity index (χ0v) is 36.4. The highest BCUT2D eigenvalue weighted by molar-refractivity contribution is 5.69. The number of esters is 1. The zero-order chi connectivity index (χ0) is 39.3. The predicted molar refractivity (Wildman–Crippen MR) is 236 cm³/mol. The minimum absolute atomic E-state index is 0.0160. The maximum absolute atomic E-state index is 12.8. The fraction of sp³-hybridized carbons (Fsp3) is 0.816. The molecule has 0 fully saturated rings. The van der Waals surface area contributed by atoms with Crippen LogP contribution in [0.5, 0.6) is 0 Å². The largest absolute Gasteiger partial charge is 0.462 e. The molecule has 0 amide bonds. The van der Waals surface area contributed by atoms with Crippen molar-refractivity contribution >= 4 is 5.97 Å². The molecule has 0 aliphatic rings. The molecule has 0 radical (unpaired) electrons. The number of hydrogen-bond donors (Lipinski definition) is 1. The summed E-state index contributed by atoms with van der Waals surface area (Å²) in [5.41, 5.74) is 0. The summed E-state index contributed by atoms with van der Waals surface area (Å²) in [7, 11) is 0. The van der Waals surface area contributed by atoms with Gasteiger partial charge in [0, 0.05) is 19.6 Å². The minimum Gasteiger partial charge on any atom is -0.462 e. The van der Waals surface area contributed by atoms with Crippen molar-refractivity contribution in [3.8, 4) is 0 Å². The number of carbonyl (C=O) groups is 1. The predicted octanol–water partition coefficient (Wildman–Crippen LogP) is 14.9. The van der Waals surface area contributed by atoms with E-state index in [9.17, 15) is 4.79 Å². The van der Waals surface area contributed by atoms with Gasteiger partial charge in [0.15, 0.2) is 6.29 Å². The second-order valence-electron chi connectivity index (χ2n) is 15.2. The molecular weight excluding hydrogens is 667 g/mol. The Hall–Kier alpha value is -1.69. The second kappa shape index (κ2) is 45.7. The number of ether oxygens (including phenoxy) is 3. The Morgan fingerprint density at radius 1 is 0.463 bits per heavy atom. The molecule has 5 heteroatoms. The van der Waals surface area contributed by atoms with E-state index in [1.54, 1.807) is 0 Å². The van der Waals surface area contributed by atoms with Crippen LogP contribution >= 0.6 is 0 Å². The molecule has 0 aromatic carbocycles. The average Bonchev–Trinajstić information content (AvgIpc) is 3.17. The Morgan fingerprint density at radius 3 is 1.31 bits per heavy atom. The fourth-order valence-corrected chi connectivity index (χ4v) is 6.66. The summed E-state index contributed by atoms with van der Waals surface area (Å²) in [6.07, 6.45) is 54.1. The van der Waals surface area contributed by atoms with E-state index in [4.69, 9.17) is 14.2 Å². The molecule has 0 atom stereocenters. The van der Waals surface area contributed by atoms with Crippen LogP contribution in [0, 0.1) is 0 Å². The quantitative estimate of drug-likeness (QED) is 0.0290. The maximum atomic E-state index is 12.8. The summed E-state index contributed by atoms with van der Waals surface area (Å²) in [4.78, 5) is 12.8. The molecule has 316 valence electrons. The van der Waals surface area contributed by atoms with E-state index < -0.39 is 0 Å². The summed E-state index contributed by atoms with van der Waals surface area (Å²) >= 11 is 0. The molecule has 0 rings (SSSR count). The van der Waals surface area contributed by atoms with Crippen LogP contribution in [0.2, 0.25) is 0 Å². The SMILES string of the molecule is CCCC/C=C\C/C=C\CCCCCCCCCC(CCCCCCCCC/C=C\C/C=C\CCCC)OC(=O)CCCNCCCC(OCC)OCC. The highest BCUT2D eigenvalue weighted by Gasteiger charge is 2.14. The molecule has 0 aliphatic heterocycles. The molecule has 0 aromatic rings. The van der Waals surface area contributed by atoms with Gasteiger partial charge in [-0.3, -0.25) is 4.79 Å². The first-order chi connectivity index (χ1) is 26.7. The highest BCUT2D eigenvalue weighted by atomic mass is 16.7. The topological polar surface area (TPSA) is 56.8 Å². The van der Waals surface area contributed by atoms with Crippen molar-refractivity contribution in [2.75, 3.05) is 26.3 Å². The summed E-state index contributed by atoms with van der Waals surface area (Å²) in [6.45, 7) is 11.6. The van der Waals surface area contributed by atoms with E-state index in [1.807, 2.05) is 13.8 Å². The molecule has 0 saturated carbocycles. The van der Waals surface area contributed by atoms with Crippen molar-refractivity contribution in [1.82, 2.24) is 5.32 Å². The zero-order valence-electron chi connectivity index (χ0n) is 36.4. The summed E-state index contributed by atoms with van der Waals surface area (Å²) in [6, 6.07) is 0. The summed E-state index contributed by atoms with van der Waals surface area (Å²) in [5, 5.41) is 3.47. The number of carbonyl (C=O) groups excluding carboxylic acids is 1. The van der Waals surface area contributed by atoms with E-state index in [1.165, 1.54) is 141 Å². The molecular formula is C49H91NO4. The summed E-state index contributed by atoms with van der Waals surface area (Å²) < 4.78 is 17.4. The lowest BCUT2D eigenvalue weighted by Crippen LogP contribution is -2.23. The van der Waals surface area contributed by atoms with E-state index in [-0.39, 0.29) is 18.4 Å². The number of nitrogens with one attached hydrogen (secondary N) is 1. The van der Waals surface area contributed by atoms with Crippen molar-refractivity contribution in [3.05, 3.63) is 48.6 Å². The third kappa shape index (κ3) is 41.5. The van der Waals surface area contributed by atoms with Gasteiger partial charge < -0.3 is 19.5 Å². The van der Waals surface area contributed by atoms with Gasteiger partial charge in [-0.25, -0.2) is 0 Å². The highest BCUT2D eigenvalue weighted by Crippen LogP contribution is 2.18. The van der Waals surface area contributed by atoms with Crippen molar-refractivity contribution in [2.45, 2.75) is 233 Å².